The molecule has 0 radical (unpaired) electrons. The Bertz CT molecular complexity index is 585. The first-order valence-electron chi connectivity index (χ1n) is 6.53. The molecule has 0 unspecified atom stereocenters. The Hall–Kier alpha value is -2.64. The molecule has 8 heteroatoms. The smallest absolute Gasteiger partial charge is 0.338 e. The van der Waals surface area contributed by atoms with Crippen molar-refractivity contribution in [1.82, 2.24) is 0 Å². The lowest BCUT2D eigenvalue weighted by atomic mass is 10.0. The molecule has 22 heavy (non-hydrogen) atoms. The molecule has 0 aromatic heterocycles. The molecule has 0 heterocycles. The standard InChI is InChI=1S/C14H18N2O6/c1-8(2)12(14(18)22-4)15-10-6-5-9(13(17)21-3)7-11(10)16(19)20/h5-8,12,15H,1-4H3/t12-/m1/s1. The zero-order valence-corrected chi connectivity index (χ0v) is 12.8. The highest BCUT2D eigenvalue weighted by molar-refractivity contribution is 5.91. The van der Waals surface area contributed by atoms with Crippen molar-refractivity contribution in [2.24, 2.45) is 5.92 Å². The summed E-state index contributed by atoms with van der Waals surface area (Å²) in [5, 5.41) is 14.0. The lowest BCUT2D eigenvalue weighted by Crippen LogP contribution is -2.35. The molecule has 8 nitrogen and oxygen atoms in total. The zero-order valence-electron chi connectivity index (χ0n) is 12.8. The fourth-order valence-electron chi connectivity index (χ4n) is 1.84. The number of rotatable bonds is 6. The quantitative estimate of drug-likeness (QED) is 0.486. The van der Waals surface area contributed by atoms with Gasteiger partial charge in [-0.3, -0.25) is 10.1 Å². The molecule has 0 aliphatic carbocycles. The van der Waals surface area contributed by atoms with Gasteiger partial charge in [0, 0.05) is 6.07 Å². The van der Waals surface area contributed by atoms with Crippen LogP contribution in [0.5, 0.6) is 0 Å². The minimum Gasteiger partial charge on any atom is -0.467 e. The number of carbonyl (C=O) groups excluding carboxylic acids is 2. The van der Waals surface area contributed by atoms with Crippen molar-refractivity contribution in [3.63, 3.8) is 0 Å². The maximum atomic E-state index is 11.7. The molecule has 0 aliphatic heterocycles. The molecule has 0 saturated heterocycles. The number of anilines is 1. The van der Waals surface area contributed by atoms with E-state index in [1.165, 1.54) is 26.4 Å². The van der Waals surface area contributed by atoms with Crippen LogP contribution in [0.15, 0.2) is 18.2 Å². The van der Waals surface area contributed by atoms with Crippen LogP contribution in [-0.2, 0) is 14.3 Å². The van der Waals surface area contributed by atoms with E-state index in [4.69, 9.17) is 0 Å². The Balaban J connectivity index is 3.20. The number of nitrogens with zero attached hydrogens (tertiary/aromatic N) is 1. The SMILES string of the molecule is COC(=O)c1ccc(N[C@@H](C(=O)OC)C(C)C)c([N+](=O)[O-])c1. The number of carbonyl (C=O) groups is 2. The van der Waals surface area contributed by atoms with E-state index in [0.29, 0.717) is 0 Å². The lowest BCUT2D eigenvalue weighted by Gasteiger charge is -2.20. The summed E-state index contributed by atoms with van der Waals surface area (Å²) in [7, 11) is 2.43. The van der Waals surface area contributed by atoms with Gasteiger partial charge in [-0.1, -0.05) is 13.8 Å². The van der Waals surface area contributed by atoms with E-state index >= 15 is 0 Å². The Labute approximate surface area is 127 Å². The van der Waals surface area contributed by atoms with Crippen molar-refractivity contribution in [1.29, 1.82) is 0 Å². The summed E-state index contributed by atoms with van der Waals surface area (Å²) in [5.74, 6) is -1.35. The van der Waals surface area contributed by atoms with Gasteiger partial charge < -0.3 is 14.8 Å². The van der Waals surface area contributed by atoms with E-state index in [1.807, 2.05) is 0 Å². The number of hydrogen-bond acceptors (Lipinski definition) is 7. The summed E-state index contributed by atoms with van der Waals surface area (Å²) in [6.07, 6.45) is 0. The normalized spacial score (nSPS) is 11.7. The van der Waals surface area contributed by atoms with E-state index < -0.39 is 22.9 Å². The Kier molecular flexibility index (Phi) is 5.85. The Morgan fingerprint density at radius 3 is 2.32 bits per heavy atom. The van der Waals surface area contributed by atoms with Gasteiger partial charge in [-0.2, -0.15) is 0 Å². The monoisotopic (exact) mass is 310 g/mol. The Morgan fingerprint density at radius 2 is 1.86 bits per heavy atom. The minimum atomic E-state index is -0.743. The summed E-state index contributed by atoms with van der Waals surface area (Å²) in [6, 6.07) is 3.11. The molecule has 1 N–H and O–H groups in total. The van der Waals surface area contributed by atoms with Crippen LogP contribution in [0.2, 0.25) is 0 Å². The van der Waals surface area contributed by atoms with E-state index in [2.05, 4.69) is 14.8 Å². The minimum absolute atomic E-state index is 0.0546. The molecule has 0 saturated carbocycles. The average Bonchev–Trinajstić information content (AvgIpc) is 2.50. The summed E-state index contributed by atoms with van der Waals surface area (Å²) >= 11 is 0. The predicted octanol–water partition coefficient (Wildman–Crippen LogP) is 1.99. The summed E-state index contributed by atoms with van der Waals surface area (Å²) in [5.41, 5.74) is -0.141. The molecule has 1 atom stereocenters. The van der Waals surface area contributed by atoms with Crippen LogP contribution in [-0.4, -0.2) is 37.1 Å². The molecule has 1 aromatic rings. The summed E-state index contributed by atoms with van der Waals surface area (Å²) in [6.45, 7) is 3.56. The van der Waals surface area contributed by atoms with Crippen molar-refractivity contribution in [2.45, 2.75) is 19.9 Å². The van der Waals surface area contributed by atoms with E-state index in [1.54, 1.807) is 13.8 Å². The van der Waals surface area contributed by atoms with Gasteiger partial charge in [0.25, 0.3) is 5.69 Å². The first-order valence-corrected chi connectivity index (χ1v) is 6.53. The lowest BCUT2D eigenvalue weighted by molar-refractivity contribution is -0.384. The molecule has 1 aromatic carbocycles. The zero-order chi connectivity index (χ0) is 16.9. The highest BCUT2D eigenvalue weighted by Gasteiger charge is 2.26. The van der Waals surface area contributed by atoms with Crippen LogP contribution in [0.3, 0.4) is 0 Å². The predicted molar refractivity (Wildman–Crippen MR) is 78.7 cm³/mol. The fourth-order valence-corrected chi connectivity index (χ4v) is 1.84. The van der Waals surface area contributed by atoms with Gasteiger partial charge in [-0.15, -0.1) is 0 Å². The maximum absolute atomic E-state index is 11.7. The number of methoxy groups -OCH3 is 2. The number of esters is 2. The molecular weight excluding hydrogens is 292 g/mol. The summed E-state index contributed by atoms with van der Waals surface area (Å²) in [4.78, 5) is 33.7. The van der Waals surface area contributed by atoms with Crippen LogP contribution < -0.4 is 5.32 Å². The third-order valence-corrected chi connectivity index (χ3v) is 3.05. The molecule has 0 aliphatic rings. The highest BCUT2D eigenvalue weighted by atomic mass is 16.6. The number of nitrogens with one attached hydrogen (secondary N) is 1. The van der Waals surface area contributed by atoms with E-state index in [0.717, 1.165) is 6.07 Å². The third-order valence-electron chi connectivity index (χ3n) is 3.05. The molecule has 0 fully saturated rings. The fraction of sp³-hybridized carbons (Fsp3) is 0.429. The molecule has 0 bridgehead atoms. The largest absolute Gasteiger partial charge is 0.467 e. The van der Waals surface area contributed by atoms with Gasteiger partial charge in [-0.25, -0.2) is 9.59 Å². The molecule has 0 spiro atoms. The van der Waals surface area contributed by atoms with E-state index in [9.17, 15) is 19.7 Å². The third kappa shape index (κ3) is 3.94. The average molecular weight is 310 g/mol. The first-order chi connectivity index (χ1) is 10.3. The molecular formula is C14H18N2O6. The van der Waals surface area contributed by atoms with Crippen molar-refractivity contribution in [3.05, 3.63) is 33.9 Å². The van der Waals surface area contributed by atoms with Crippen molar-refractivity contribution in [2.75, 3.05) is 19.5 Å². The van der Waals surface area contributed by atoms with Crippen LogP contribution in [0, 0.1) is 16.0 Å². The van der Waals surface area contributed by atoms with Gasteiger partial charge in [0.15, 0.2) is 0 Å². The number of benzene rings is 1. The number of nitro benzene ring substituents is 1. The van der Waals surface area contributed by atoms with Crippen molar-refractivity contribution >= 4 is 23.3 Å². The van der Waals surface area contributed by atoms with Crippen molar-refractivity contribution in [3.8, 4) is 0 Å². The second kappa shape index (κ2) is 7.39. The van der Waals surface area contributed by atoms with Crippen LogP contribution in [0.1, 0.15) is 24.2 Å². The molecule has 0 amide bonds. The summed E-state index contributed by atoms with van der Waals surface area (Å²) < 4.78 is 9.21. The van der Waals surface area contributed by atoms with Gasteiger partial charge in [0.05, 0.1) is 24.7 Å². The topological polar surface area (TPSA) is 108 Å². The van der Waals surface area contributed by atoms with E-state index in [-0.39, 0.29) is 22.9 Å². The van der Waals surface area contributed by atoms with Crippen LogP contribution in [0.25, 0.3) is 0 Å². The van der Waals surface area contributed by atoms with Crippen LogP contribution >= 0.6 is 0 Å². The van der Waals surface area contributed by atoms with Crippen molar-refractivity contribution < 1.29 is 24.0 Å². The molecule has 120 valence electrons. The number of nitro groups is 1. The highest BCUT2D eigenvalue weighted by Crippen LogP contribution is 2.27. The first kappa shape index (κ1) is 17.4. The maximum Gasteiger partial charge on any atom is 0.338 e. The van der Waals surface area contributed by atoms with Crippen LogP contribution in [0.4, 0.5) is 11.4 Å². The molecule has 1 rings (SSSR count). The number of hydrogen-bond donors (Lipinski definition) is 1. The van der Waals surface area contributed by atoms with Gasteiger partial charge in [-0.05, 0) is 18.1 Å². The number of ether oxygens (including phenoxy) is 2. The van der Waals surface area contributed by atoms with Gasteiger partial charge >= 0.3 is 11.9 Å². The Morgan fingerprint density at radius 1 is 1.23 bits per heavy atom. The van der Waals surface area contributed by atoms with Gasteiger partial charge in [0.1, 0.15) is 11.7 Å². The van der Waals surface area contributed by atoms with Gasteiger partial charge in [0.2, 0.25) is 0 Å². The second-order valence-corrected chi connectivity index (χ2v) is 4.87. The second-order valence-electron chi connectivity index (χ2n) is 4.87.